The lowest BCUT2D eigenvalue weighted by Crippen LogP contribution is -2.26. The lowest BCUT2D eigenvalue weighted by molar-refractivity contribution is -0.131. The van der Waals surface area contributed by atoms with E-state index in [0.29, 0.717) is 39.4 Å². The van der Waals surface area contributed by atoms with Crippen molar-refractivity contribution < 1.29 is 22.4 Å². The highest BCUT2D eigenvalue weighted by Crippen LogP contribution is 2.28. The number of alkyl halides is 3. The Bertz CT molecular complexity index is 1510. The Balaban J connectivity index is 1.51. The van der Waals surface area contributed by atoms with E-state index in [0.717, 1.165) is 24.0 Å². The van der Waals surface area contributed by atoms with E-state index in [4.69, 9.17) is 5.10 Å². The zero-order chi connectivity index (χ0) is 27.0. The highest BCUT2D eigenvalue weighted by atomic mass is 19.4. The maximum absolute atomic E-state index is 14.1. The van der Waals surface area contributed by atoms with E-state index in [-0.39, 0.29) is 30.7 Å². The number of fused-ring (bicyclic) bond motifs is 1. The molecule has 0 bridgehead atoms. The van der Waals surface area contributed by atoms with Crippen LogP contribution in [0.25, 0.3) is 16.9 Å². The van der Waals surface area contributed by atoms with E-state index in [1.165, 1.54) is 6.07 Å². The summed E-state index contributed by atoms with van der Waals surface area (Å²) in [5, 5.41) is 10.5. The summed E-state index contributed by atoms with van der Waals surface area (Å²) >= 11 is 0. The Morgan fingerprint density at radius 2 is 1.87 bits per heavy atom. The lowest BCUT2D eigenvalue weighted by Gasteiger charge is -2.13. The van der Waals surface area contributed by atoms with Gasteiger partial charge in [0.25, 0.3) is 5.91 Å². The molecule has 2 heterocycles. The Kier molecular flexibility index (Phi) is 6.81. The number of carbonyl (C=O) groups excluding carboxylic acids is 1. The van der Waals surface area contributed by atoms with Crippen LogP contribution in [0.1, 0.15) is 52.0 Å². The normalized spacial score (nSPS) is 13.6. The van der Waals surface area contributed by atoms with Gasteiger partial charge in [0.1, 0.15) is 5.82 Å². The van der Waals surface area contributed by atoms with Crippen LogP contribution in [-0.2, 0) is 6.42 Å². The van der Waals surface area contributed by atoms with Crippen LogP contribution in [0, 0.1) is 19.7 Å². The monoisotopic (exact) mass is 525 g/mol. The van der Waals surface area contributed by atoms with E-state index >= 15 is 0 Å². The van der Waals surface area contributed by atoms with Gasteiger partial charge >= 0.3 is 6.18 Å². The number of benzene rings is 2. The SMILES string of the molecule is Cc1ccc(Cc2cc(NCCC(F)(F)F)c3ncc(-c4ccc(C(=O)NC5CC5)c(C)c4)n3n2)cc1F. The molecule has 2 aromatic carbocycles. The molecule has 38 heavy (non-hydrogen) atoms. The molecule has 1 saturated carbocycles. The largest absolute Gasteiger partial charge is 0.390 e. The Labute approximate surface area is 217 Å². The molecule has 4 aromatic rings. The van der Waals surface area contributed by atoms with Crippen molar-refractivity contribution in [2.24, 2.45) is 0 Å². The van der Waals surface area contributed by atoms with Crippen LogP contribution < -0.4 is 10.6 Å². The summed E-state index contributed by atoms with van der Waals surface area (Å²) in [5.41, 5.74) is 5.25. The van der Waals surface area contributed by atoms with Gasteiger partial charge in [-0.05, 0) is 67.6 Å². The highest BCUT2D eigenvalue weighted by Gasteiger charge is 2.27. The summed E-state index contributed by atoms with van der Waals surface area (Å²) in [5.74, 6) is -0.451. The molecule has 10 heteroatoms. The minimum Gasteiger partial charge on any atom is -0.382 e. The van der Waals surface area contributed by atoms with Gasteiger partial charge in [-0.2, -0.15) is 18.3 Å². The molecule has 0 saturated heterocycles. The summed E-state index contributed by atoms with van der Waals surface area (Å²) in [6, 6.07) is 12.2. The molecule has 0 aliphatic heterocycles. The van der Waals surface area contributed by atoms with Gasteiger partial charge in [0.15, 0.2) is 5.65 Å². The third-order valence-electron chi connectivity index (χ3n) is 6.54. The molecule has 1 aliphatic carbocycles. The van der Waals surface area contributed by atoms with E-state index in [1.807, 2.05) is 13.0 Å². The second kappa shape index (κ2) is 10.1. The van der Waals surface area contributed by atoms with Crippen molar-refractivity contribution >= 4 is 17.2 Å². The van der Waals surface area contributed by atoms with Crippen molar-refractivity contribution in [3.63, 3.8) is 0 Å². The van der Waals surface area contributed by atoms with Gasteiger partial charge in [0, 0.05) is 30.1 Å². The van der Waals surface area contributed by atoms with Crippen LogP contribution in [0.4, 0.5) is 23.2 Å². The number of aryl methyl sites for hydroxylation is 2. The topological polar surface area (TPSA) is 71.3 Å². The smallest absolute Gasteiger partial charge is 0.382 e. The van der Waals surface area contributed by atoms with E-state index in [2.05, 4.69) is 15.6 Å². The summed E-state index contributed by atoms with van der Waals surface area (Å²) in [4.78, 5) is 17.0. The molecular weight excluding hydrogens is 498 g/mol. The Hall–Kier alpha value is -3.95. The third-order valence-corrected chi connectivity index (χ3v) is 6.54. The number of nitrogens with one attached hydrogen (secondary N) is 2. The number of aromatic nitrogens is 3. The van der Waals surface area contributed by atoms with Crippen molar-refractivity contribution in [3.8, 4) is 11.3 Å². The first kappa shape index (κ1) is 25.7. The van der Waals surface area contributed by atoms with Gasteiger partial charge < -0.3 is 10.6 Å². The molecule has 0 unspecified atom stereocenters. The highest BCUT2D eigenvalue weighted by molar-refractivity contribution is 5.96. The number of hydrogen-bond donors (Lipinski definition) is 2. The first-order valence-corrected chi connectivity index (χ1v) is 12.4. The zero-order valence-electron chi connectivity index (χ0n) is 21.0. The fourth-order valence-corrected chi connectivity index (χ4v) is 4.30. The molecule has 6 nitrogen and oxygen atoms in total. The minimum absolute atomic E-state index is 0.114. The van der Waals surface area contributed by atoms with Crippen molar-refractivity contribution in [1.82, 2.24) is 19.9 Å². The molecule has 0 spiro atoms. The van der Waals surface area contributed by atoms with Crippen molar-refractivity contribution in [2.45, 2.75) is 51.7 Å². The van der Waals surface area contributed by atoms with E-state index in [9.17, 15) is 22.4 Å². The molecule has 1 amide bonds. The summed E-state index contributed by atoms with van der Waals surface area (Å²) in [6.07, 6.45) is -1.44. The van der Waals surface area contributed by atoms with E-state index < -0.39 is 12.6 Å². The number of carbonyl (C=O) groups is 1. The second-order valence-electron chi connectivity index (χ2n) is 9.76. The molecule has 2 N–H and O–H groups in total. The Morgan fingerprint density at radius 1 is 1.08 bits per heavy atom. The molecule has 1 aliphatic rings. The second-order valence-corrected chi connectivity index (χ2v) is 9.76. The van der Waals surface area contributed by atoms with Crippen molar-refractivity contribution in [2.75, 3.05) is 11.9 Å². The van der Waals surface area contributed by atoms with Gasteiger partial charge in [-0.1, -0.05) is 18.2 Å². The number of rotatable bonds is 8. The predicted molar refractivity (Wildman–Crippen MR) is 137 cm³/mol. The van der Waals surface area contributed by atoms with Crippen molar-refractivity contribution in [1.29, 1.82) is 0 Å². The fourth-order valence-electron chi connectivity index (χ4n) is 4.30. The number of amides is 1. The number of nitrogens with zero attached hydrogens (tertiary/aromatic N) is 3. The first-order valence-electron chi connectivity index (χ1n) is 12.4. The van der Waals surface area contributed by atoms with E-state index in [1.54, 1.807) is 48.0 Å². The molecule has 5 rings (SSSR count). The molecule has 198 valence electrons. The van der Waals surface area contributed by atoms with Crippen molar-refractivity contribution in [3.05, 3.63) is 82.4 Å². The molecule has 0 radical (unpaired) electrons. The van der Waals surface area contributed by atoms with Crippen LogP contribution in [0.15, 0.2) is 48.7 Å². The lowest BCUT2D eigenvalue weighted by atomic mass is 10.0. The molecule has 2 aromatic heterocycles. The minimum atomic E-state index is -4.30. The van der Waals surface area contributed by atoms with Gasteiger partial charge in [-0.3, -0.25) is 4.79 Å². The Morgan fingerprint density at radius 3 is 2.55 bits per heavy atom. The van der Waals surface area contributed by atoms with Gasteiger partial charge in [0.05, 0.1) is 29.7 Å². The van der Waals surface area contributed by atoms with Gasteiger partial charge in [-0.25, -0.2) is 13.9 Å². The zero-order valence-corrected chi connectivity index (χ0v) is 21.0. The quantitative estimate of drug-likeness (QED) is 0.277. The predicted octanol–water partition coefficient (Wildman–Crippen LogP) is 6.00. The van der Waals surface area contributed by atoms with Crippen LogP contribution in [-0.4, -0.2) is 39.3 Å². The van der Waals surface area contributed by atoms with Crippen LogP contribution in [0.3, 0.4) is 0 Å². The van der Waals surface area contributed by atoms with Gasteiger partial charge in [-0.15, -0.1) is 0 Å². The average molecular weight is 526 g/mol. The van der Waals surface area contributed by atoms with Crippen LogP contribution in [0.2, 0.25) is 0 Å². The molecule has 0 atom stereocenters. The van der Waals surface area contributed by atoms with Crippen LogP contribution in [0.5, 0.6) is 0 Å². The number of hydrogen-bond acceptors (Lipinski definition) is 4. The summed E-state index contributed by atoms with van der Waals surface area (Å²) < 4.78 is 54.1. The number of anilines is 1. The average Bonchev–Trinajstić information content (AvgIpc) is 3.55. The summed E-state index contributed by atoms with van der Waals surface area (Å²) in [7, 11) is 0. The standard InChI is InChI=1S/C28H27F4N5O/c1-16-3-4-18(13-23(16)29)12-21-14-24(33-10-9-28(30,31)32)26-34-15-25(37(26)36-21)19-5-8-22(17(2)11-19)27(38)35-20-6-7-20/h3-5,8,11,13-15,20,33H,6-7,9-10,12H2,1-2H3,(H,35,38). The van der Waals surface area contributed by atoms with Crippen LogP contribution >= 0.6 is 0 Å². The number of halogens is 4. The maximum atomic E-state index is 14.1. The molecule has 1 fully saturated rings. The number of imidazole rings is 1. The maximum Gasteiger partial charge on any atom is 0.390 e. The van der Waals surface area contributed by atoms with Gasteiger partial charge in [0.2, 0.25) is 0 Å². The summed E-state index contributed by atoms with van der Waals surface area (Å²) in [6.45, 7) is 3.20. The first-order chi connectivity index (χ1) is 18.1. The third kappa shape index (κ3) is 5.79. The molecular formula is C28H27F4N5O. The fraction of sp³-hybridized carbons (Fsp3) is 0.321.